The van der Waals surface area contributed by atoms with Gasteiger partial charge >= 0.3 is 0 Å². The smallest absolute Gasteiger partial charge is 0.254 e. The van der Waals surface area contributed by atoms with Crippen molar-refractivity contribution in [3.8, 4) is 0 Å². The number of nitrogens with one attached hydrogen (secondary N) is 1. The number of fused-ring (bicyclic) bond motifs is 1. The molecule has 0 bridgehead atoms. The number of H-pyrrole nitrogens is 1. The molecule has 0 spiro atoms. The van der Waals surface area contributed by atoms with Gasteiger partial charge in [-0.25, -0.2) is 0 Å². The quantitative estimate of drug-likeness (QED) is 0.198. The van der Waals surface area contributed by atoms with E-state index in [0.29, 0.717) is 54.7 Å². The predicted octanol–water partition coefficient (Wildman–Crippen LogP) is 6.53. The van der Waals surface area contributed by atoms with Crippen LogP contribution in [-0.2, 0) is 22.5 Å². The maximum Gasteiger partial charge on any atom is 0.254 e. The second kappa shape index (κ2) is 13.7. The minimum atomic E-state index is -0.296. The highest BCUT2D eigenvalue weighted by atomic mass is 35.5. The number of aromatic amines is 1. The number of hydrogen-bond donors (Lipinski definition) is 1. The topological polar surface area (TPSA) is 65.6 Å². The highest BCUT2D eigenvalue weighted by molar-refractivity contribution is 6.35. The third-order valence-electron chi connectivity index (χ3n) is 6.67. The van der Waals surface area contributed by atoms with E-state index >= 15 is 0 Å². The number of ether oxygens (including phenoxy) is 1. The molecular formula is C31H33Cl2N3O3. The number of aromatic nitrogens is 1. The Morgan fingerprint density at radius 3 is 2.36 bits per heavy atom. The Kier molecular flexibility index (Phi) is 10.0. The number of carbonyl (C=O) groups is 2. The summed E-state index contributed by atoms with van der Waals surface area (Å²) >= 11 is 12.3. The van der Waals surface area contributed by atoms with Crippen LogP contribution in [0.4, 0.5) is 0 Å². The molecule has 0 aliphatic carbocycles. The summed E-state index contributed by atoms with van der Waals surface area (Å²) < 4.78 is 5.19. The Bertz CT molecular complexity index is 1400. The summed E-state index contributed by atoms with van der Waals surface area (Å²) in [4.78, 5) is 34.0. The van der Waals surface area contributed by atoms with Gasteiger partial charge in [0.25, 0.3) is 5.91 Å². The average molecular weight is 567 g/mol. The van der Waals surface area contributed by atoms with Gasteiger partial charge in [-0.15, -0.1) is 0 Å². The number of rotatable bonds is 12. The zero-order chi connectivity index (χ0) is 27.8. The van der Waals surface area contributed by atoms with Gasteiger partial charge in [-0.2, -0.15) is 0 Å². The Hall–Kier alpha value is -3.32. The zero-order valence-corrected chi connectivity index (χ0v) is 23.8. The Labute approximate surface area is 239 Å². The van der Waals surface area contributed by atoms with Gasteiger partial charge in [0.1, 0.15) is 6.54 Å². The van der Waals surface area contributed by atoms with Gasteiger partial charge in [0, 0.05) is 66.1 Å². The van der Waals surface area contributed by atoms with Crippen LogP contribution in [0.1, 0.15) is 33.5 Å². The van der Waals surface area contributed by atoms with Crippen LogP contribution >= 0.6 is 23.2 Å². The number of amides is 2. The van der Waals surface area contributed by atoms with Crippen LogP contribution in [0.3, 0.4) is 0 Å². The first kappa shape index (κ1) is 28.7. The standard InChI is InChI=1S/C31H33Cl2N3O3/c1-22-8-10-23(11-9-22)20-35(14-12-24-19-34-29-7-4-3-6-28(24)29)30(37)21-36(13-5-15-39-2)31(38)25-16-26(32)18-27(33)17-25/h3-4,6-11,16-19,34H,5,12-15,20-21H2,1-2H3. The van der Waals surface area contributed by atoms with Gasteiger partial charge in [-0.05, 0) is 55.2 Å². The number of halogens is 2. The van der Waals surface area contributed by atoms with E-state index in [2.05, 4.69) is 11.1 Å². The fourth-order valence-corrected chi connectivity index (χ4v) is 5.10. The molecule has 0 saturated carbocycles. The molecule has 0 unspecified atom stereocenters. The number of hydrogen-bond acceptors (Lipinski definition) is 3. The summed E-state index contributed by atoms with van der Waals surface area (Å²) in [6, 6.07) is 21.0. The van der Waals surface area contributed by atoms with E-state index in [1.165, 1.54) is 0 Å². The van der Waals surface area contributed by atoms with Gasteiger partial charge in [0.2, 0.25) is 5.91 Å². The number of carbonyl (C=O) groups excluding carboxylic acids is 2. The summed E-state index contributed by atoms with van der Waals surface area (Å²) in [5.74, 6) is -0.426. The minimum Gasteiger partial charge on any atom is -0.385 e. The van der Waals surface area contributed by atoms with E-state index in [1.54, 1.807) is 30.2 Å². The Balaban J connectivity index is 1.55. The first-order valence-corrected chi connectivity index (χ1v) is 13.7. The van der Waals surface area contributed by atoms with Crippen molar-refractivity contribution < 1.29 is 14.3 Å². The molecule has 8 heteroatoms. The van der Waals surface area contributed by atoms with Crippen LogP contribution in [0.5, 0.6) is 0 Å². The normalized spacial score (nSPS) is 11.1. The number of para-hydroxylation sites is 1. The highest BCUT2D eigenvalue weighted by Crippen LogP contribution is 2.22. The number of methoxy groups -OCH3 is 1. The molecule has 0 saturated heterocycles. The van der Waals surface area contributed by atoms with E-state index in [9.17, 15) is 9.59 Å². The molecular weight excluding hydrogens is 533 g/mol. The zero-order valence-electron chi connectivity index (χ0n) is 22.3. The van der Waals surface area contributed by atoms with Crippen LogP contribution in [-0.4, -0.2) is 59.9 Å². The summed E-state index contributed by atoms with van der Waals surface area (Å²) in [7, 11) is 1.61. The molecule has 0 fully saturated rings. The van der Waals surface area contributed by atoms with Crippen molar-refractivity contribution in [1.82, 2.24) is 14.8 Å². The monoisotopic (exact) mass is 565 g/mol. The Morgan fingerprint density at radius 1 is 0.923 bits per heavy atom. The summed E-state index contributed by atoms with van der Waals surface area (Å²) in [5, 5.41) is 1.89. The number of aryl methyl sites for hydroxylation is 1. The number of benzene rings is 3. The van der Waals surface area contributed by atoms with Gasteiger partial charge in [0.15, 0.2) is 0 Å². The lowest BCUT2D eigenvalue weighted by Gasteiger charge is -2.28. The molecule has 1 aromatic heterocycles. The highest BCUT2D eigenvalue weighted by Gasteiger charge is 2.23. The molecule has 0 aliphatic heterocycles. The molecule has 4 aromatic rings. The maximum atomic E-state index is 13.8. The SMILES string of the molecule is COCCCN(CC(=O)N(CCc1c[nH]c2ccccc12)Cc1ccc(C)cc1)C(=O)c1cc(Cl)cc(Cl)c1. The molecule has 1 heterocycles. The van der Waals surface area contributed by atoms with E-state index in [4.69, 9.17) is 27.9 Å². The lowest BCUT2D eigenvalue weighted by Crippen LogP contribution is -2.44. The van der Waals surface area contributed by atoms with E-state index in [0.717, 1.165) is 27.6 Å². The van der Waals surface area contributed by atoms with E-state index < -0.39 is 0 Å². The summed E-state index contributed by atoms with van der Waals surface area (Å²) in [6.07, 6.45) is 3.28. The molecule has 0 aliphatic rings. The maximum absolute atomic E-state index is 13.8. The summed E-state index contributed by atoms with van der Waals surface area (Å²) in [6.45, 7) is 3.77. The van der Waals surface area contributed by atoms with Crippen molar-refractivity contribution in [3.63, 3.8) is 0 Å². The number of nitrogens with zero attached hydrogens (tertiary/aromatic N) is 2. The molecule has 3 aromatic carbocycles. The second-order valence-electron chi connectivity index (χ2n) is 9.64. The van der Waals surface area contributed by atoms with Crippen molar-refractivity contribution in [2.24, 2.45) is 0 Å². The molecule has 0 atom stereocenters. The third kappa shape index (κ3) is 7.85. The molecule has 204 valence electrons. The first-order chi connectivity index (χ1) is 18.8. The van der Waals surface area contributed by atoms with Crippen molar-refractivity contribution >= 4 is 45.9 Å². The van der Waals surface area contributed by atoms with Crippen molar-refractivity contribution in [2.75, 3.05) is 33.4 Å². The van der Waals surface area contributed by atoms with E-state index in [1.807, 2.05) is 60.5 Å². The van der Waals surface area contributed by atoms with Crippen LogP contribution in [0, 0.1) is 6.92 Å². The molecule has 1 N–H and O–H groups in total. The third-order valence-corrected chi connectivity index (χ3v) is 7.11. The molecule has 2 amide bonds. The second-order valence-corrected chi connectivity index (χ2v) is 10.5. The van der Waals surface area contributed by atoms with Gasteiger partial charge in [-0.1, -0.05) is 71.2 Å². The average Bonchev–Trinajstić information content (AvgIpc) is 3.33. The minimum absolute atomic E-state index is 0.0631. The van der Waals surface area contributed by atoms with Crippen LogP contribution < -0.4 is 0 Å². The van der Waals surface area contributed by atoms with Gasteiger partial charge < -0.3 is 19.5 Å². The fraction of sp³-hybridized carbons (Fsp3) is 0.290. The van der Waals surface area contributed by atoms with Crippen molar-refractivity contribution in [2.45, 2.75) is 26.3 Å². The summed E-state index contributed by atoms with van der Waals surface area (Å²) in [5.41, 5.74) is 4.76. The largest absolute Gasteiger partial charge is 0.385 e. The molecule has 39 heavy (non-hydrogen) atoms. The lowest BCUT2D eigenvalue weighted by molar-refractivity contribution is -0.132. The van der Waals surface area contributed by atoms with Crippen molar-refractivity contribution in [3.05, 3.63) is 105 Å². The van der Waals surface area contributed by atoms with Gasteiger partial charge in [0.05, 0.1) is 0 Å². The van der Waals surface area contributed by atoms with Gasteiger partial charge in [-0.3, -0.25) is 9.59 Å². The Morgan fingerprint density at radius 2 is 1.64 bits per heavy atom. The molecule has 6 nitrogen and oxygen atoms in total. The predicted molar refractivity (Wildman–Crippen MR) is 157 cm³/mol. The van der Waals surface area contributed by atoms with Crippen molar-refractivity contribution in [1.29, 1.82) is 0 Å². The molecule has 0 radical (unpaired) electrons. The first-order valence-electron chi connectivity index (χ1n) is 13.0. The molecule has 4 rings (SSSR count). The fourth-order valence-electron chi connectivity index (χ4n) is 4.57. The van der Waals surface area contributed by atoms with Crippen LogP contribution in [0.15, 0.2) is 72.9 Å². The van der Waals surface area contributed by atoms with E-state index in [-0.39, 0.29) is 18.4 Å². The van der Waals surface area contributed by atoms with Crippen LogP contribution in [0.2, 0.25) is 10.0 Å². The van der Waals surface area contributed by atoms with Crippen LogP contribution in [0.25, 0.3) is 10.9 Å². The lowest BCUT2D eigenvalue weighted by atomic mass is 10.1.